The zero-order valence-corrected chi connectivity index (χ0v) is 13.8. The summed E-state index contributed by atoms with van der Waals surface area (Å²) in [6, 6.07) is 11.3. The van der Waals surface area contributed by atoms with Gasteiger partial charge in [0.05, 0.1) is 0 Å². The van der Waals surface area contributed by atoms with Crippen molar-refractivity contribution in [1.29, 1.82) is 0 Å². The molecular weight excluding hydrogens is 272 g/mol. The van der Waals surface area contributed by atoms with E-state index >= 15 is 0 Å². The molecule has 116 valence electrons. The smallest absolute Gasteiger partial charge is 0.227 e. The van der Waals surface area contributed by atoms with Gasteiger partial charge in [-0.05, 0) is 31.9 Å². The number of rotatable bonds is 3. The van der Waals surface area contributed by atoms with Crippen molar-refractivity contribution in [2.45, 2.75) is 32.2 Å². The van der Waals surface area contributed by atoms with Crippen LogP contribution in [0.3, 0.4) is 0 Å². The van der Waals surface area contributed by atoms with Gasteiger partial charge in [0.2, 0.25) is 5.95 Å². The summed E-state index contributed by atoms with van der Waals surface area (Å²) in [6.07, 6.45) is 3.00. The lowest BCUT2D eigenvalue weighted by Gasteiger charge is -2.22. The molecule has 3 rings (SSSR count). The largest absolute Gasteiger partial charge is 0.363 e. The second-order valence-electron chi connectivity index (χ2n) is 6.45. The lowest BCUT2D eigenvalue weighted by molar-refractivity contribution is 0.692. The fourth-order valence-corrected chi connectivity index (χ4v) is 3.12. The summed E-state index contributed by atoms with van der Waals surface area (Å²) >= 11 is 0. The van der Waals surface area contributed by atoms with Crippen molar-refractivity contribution in [2.24, 2.45) is 0 Å². The second kappa shape index (κ2) is 5.95. The Labute approximate surface area is 132 Å². The highest BCUT2D eigenvalue weighted by atomic mass is 15.3. The lowest BCUT2D eigenvalue weighted by Crippen LogP contribution is -2.29. The predicted octanol–water partition coefficient (Wildman–Crippen LogP) is 3.23. The van der Waals surface area contributed by atoms with E-state index in [1.165, 1.54) is 11.1 Å². The Balaban J connectivity index is 1.81. The molecule has 0 spiro atoms. The number of aryl methyl sites for hydroxylation is 1. The minimum atomic E-state index is 0.462. The predicted molar refractivity (Wildman–Crippen MR) is 91.7 cm³/mol. The average Bonchev–Trinajstić information content (AvgIpc) is 2.90. The van der Waals surface area contributed by atoms with E-state index in [9.17, 15) is 0 Å². The van der Waals surface area contributed by atoms with Crippen LogP contribution in [0.1, 0.15) is 30.4 Å². The van der Waals surface area contributed by atoms with Crippen LogP contribution >= 0.6 is 0 Å². The molecule has 2 heterocycles. The summed E-state index contributed by atoms with van der Waals surface area (Å²) in [5.41, 5.74) is 2.73. The van der Waals surface area contributed by atoms with E-state index in [4.69, 9.17) is 0 Å². The van der Waals surface area contributed by atoms with Gasteiger partial charge in [0, 0.05) is 38.8 Å². The van der Waals surface area contributed by atoms with Crippen molar-refractivity contribution in [2.75, 3.05) is 30.4 Å². The van der Waals surface area contributed by atoms with E-state index in [-0.39, 0.29) is 0 Å². The van der Waals surface area contributed by atoms with Crippen LogP contribution in [0.2, 0.25) is 0 Å². The Morgan fingerprint density at radius 1 is 1.14 bits per heavy atom. The first-order chi connectivity index (χ1) is 10.5. The number of aromatic nitrogens is 2. The van der Waals surface area contributed by atoms with Crippen molar-refractivity contribution in [1.82, 2.24) is 9.97 Å². The Morgan fingerprint density at radius 3 is 2.55 bits per heavy atom. The van der Waals surface area contributed by atoms with Gasteiger partial charge in [0.25, 0.3) is 0 Å². The number of hydrogen-bond acceptors (Lipinski definition) is 4. The fraction of sp³-hybridized carbons (Fsp3) is 0.444. The van der Waals surface area contributed by atoms with Gasteiger partial charge in [-0.3, -0.25) is 0 Å². The van der Waals surface area contributed by atoms with Crippen molar-refractivity contribution in [3.05, 3.63) is 47.7 Å². The van der Waals surface area contributed by atoms with E-state index in [1.54, 1.807) is 0 Å². The standard InChI is InChI=1S/C18H24N4/c1-13-5-7-15(8-6-13)16-11-14(2)22(12-16)18-19-10-9-17(20-18)21(3)4/h5-10,14,16H,11-12H2,1-4H3. The molecule has 1 aromatic carbocycles. The normalized spacial score (nSPS) is 21.2. The van der Waals surface area contributed by atoms with Crippen LogP contribution in [-0.4, -0.2) is 36.6 Å². The molecule has 1 saturated heterocycles. The molecule has 1 aromatic heterocycles. The molecule has 4 nitrogen and oxygen atoms in total. The van der Waals surface area contributed by atoms with Crippen LogP contribution in [0.4, 0.5) is 11.8 Å². The lowest BCUT2D eigenvalue weighted by atomic mass is 9.96. The van der Waals surface area contributed by atoms with Crippen LogP contribution in [-0.2, 0) is 0 Å². The van der Waals surface area contributed by atoms with Crippen LogP contribution in [0.25, 0.3) is 0 Å². The van der Waals surface area contributed by atoms with Gasteiger partial charge in [-0.2, -0.15) is 4.98 Å². The third-order valence-electron chi connectivity index (χ3n) is 4.47. The number of benzene rings is 1. The summed E-state index contributed by atoms with van der Waals surface area (Å²) in [6.45, 7) is 5.38. The Kier molecular flexibility index (Phi) is 4.01. The van der Waals surface area contributed by atoms with E-state index in [0.29, 0.717) is 12.0 Å². The molecule has 2 unspecified atom stereocenters. The van der Waals surface area contributed by atoms with Gasteiger partial charge in [0.1, 0.15) is 5.82 Å². The monoisotopic (exact) mass is 296 g/mol. The van der Waals surface area contributed by atoms with Gasteiger partial charge in [-0.15, -0.1) is 0 Å². The number of nitrogens with zero attached hydrogens (tertiary/aromatic N) is 4. The van der Waals surface area contributed by atoms with Crippen LogP contribution in [0.5, 0.6) is 0 Å². The maximum absolute atomic E-state index is 4.69. The molecule has 2 atom stereocenters. The van der Waals surface area contributed by atoms with Crippen molar-refractivity contribution in [3.63, 3.8) is 0 Å². The van der Waals surface area contributed by atoms with Crippen molar-refractivity contribution in [3.8, 4) is 0 Å². The Hall–Kier alpha value is -2.10. The molecular formula is C18H24N4. The fourth-order valence-electron chi connectivity index (χ4n) is 3.12. The van der Waals surface area contributed by atoms with Gasteiger partial charge >= 0.3 is 0 Å². The van der Waals surface area contributed by atoms with Gasteiger partial charge in [-0.25, -0.2) is 4.98 Å². The molecule has 1 aliphatic heterocycles. The summed E-state index contributed by atoms with van der Waals surface area (Å²) in [7, 11) is 4.02. The molecule has 0 saturated carbocycles. The number of anilines is 2. The minimum Gasteiger partial charge on any atom is -0.363 e. The molecule has 0 amide bonds. The van der Waals surface area contributed by atoms with E-state index in [2.05, 4.69) is 53.0 Å². The third kappa shape index (κ3) is 2.91. The molecule has 0 N–H and O–H groups in total. The first-order valence-electron chi connectivity index (χ1n) is 7.88. The second-order valence-corrected chi connectivity index (χ2v) is 6.45. The van der Waals surface area contributed by atoms with E-state index < -0.39 is 0 Å². The van der Waals surface area contributed by atoms with Gasteiger partial charge in [-0.1, -0.05) is 29.8 Å². The Bertz CT molecular complexity index is 636. The molecule has 4 heteroatoms. The van der Waals surface area contributed by atoms with Crippen molar-refractivity contribution >= 4 is 11.8 Å². The molecule has 2 aromatic rings. The van der Waals surface area contributed by atoms with E-state index in [0.717, 1.165) is 24.7 Å². The maximum atomic E-state index is 4.69. The molecule has 0 aliphatic carbocycles. The minimum absolute atomic E-state index is 0.462. The summed E-state index contributed by atoms with van der Waals surface area (Å²) in [5, 5.41) is 0. The topological polar surface area (TPSA) is 32.3 Å². The third-order valence-corrected chi connectivity index (χ3v) is 4.47. The molecule has 1 fully saturated rings. The summed E-state index contributed by atoms with van der Waals surface area (Å²) < 4.78 is 0. The SMILES string of the molecule is Cc1ccc(C2CC(C)N(c3nccc(N(C)C)n3)C2)cc1. The average molecular weight is 296 g/mol. The maximum Gasteiger partial charge on any atom is 0.227 e. The quantitative estimate of drug-likeness (QED) is 0.870. The molecule has 0 radical (unpaired) electrons. The van der Waals surface area contributed by atoms with Crippen molar-refractivity contribution < 1.29 is 0 Å². The molecule has 0 bridgehead atoms. The first kappa shape index (κ1) is 14.8. The first-order valence-corrected chi connectivity index (χ1v) is 7.88. The highest BCUT2D eigenvalue weighted by Gasteiger charge is 2.31. The van der Waals surface area contributed by atoms with Crippen LogP contribution < -0.4 is 9.80 Å². The molecule has 22 heavy (non-hydrogen) atoms. The highest BCUT2D eigenvalue weighted by Crippen LogP contribution is 2.33. The highest BCUT2D eigenvalue weighted by molar-refractivity contribution is 5.45. The van der Waals surface area contributed by atoms with E-state index in [1.807, 2.05) is 31.3 Å². The molecule has 1 aliphatic rings. The summed E-state index contributed by atoms with van der Waals surface area (Å²) in [4.78, 5) is 13.5. The zero-order valence-electron chi connectivity index (χ0n) is 13.8. The Morgan fingerprint density at radius 2 is 1.86 bits per heavy atom. The zero-order chi connectivity index (χ0) is 15.7. The van der Waals surface area contributed by atoms with Crippen LogP contribution in [0.15, 0.2) is 36.5 Å². The summed E-state index contributed by atoms with van der Waals surface area (Å²) in [5.74, 6) is 2.35. The van der Waals surface area contributed by atoms with Gasteiger partial charge < -0.3 is 9.80 Å². The van der Waals surface area contributed by atoms with Gasteiger partial charge in [0.15, 0.2) is 0 Å². The van der Waals surface area contributed by atoms with Crippen LogP contribution in [0, 0.1) is 6.92 Å². The number of hydrogen-bond donors (Lipinski definition) is 0.